The quantitative estimate of drug-likeness (QED) is 0.574. The second-order valence-corrected chi connectivity index (χ2v) is 5.93. The van der Waals surface area contributed by atoms with Crippen molar-refractivity contribution in [3.63, 3.8) is 0 Å². The number of likely N-dealkylation sites (tertiary alicyclic amines) is 1. The molecule has 0 aromatic carbocycles. The van der Waals surface area contributed by atoms with Crippen LogP contribution in [0.2, 0.25) is 0 Å². The minimum absolute atomic E-state index is 0.415. The molecule has 1 heterocycles. The van der Waals surface area contributed by atoms with Crippen molar-refractivity contribution in [1.82, 2.24) is 4.90 Å². The van der Waals surface area contributed by atoms with Crippen LogP contribution in [0.5, 0.6) is 0 Å². The van der Waals surface area contributed by atoms with E-state index in [9.17, 15) is 4.79 Å². The number of carbonyl (C=O) groups is 1. The molecule has 2 atom stereocenters. The van der Waals surface area contributed by atoms with E-state index in [1.807, 2.05) is 0 Å². The predicted octanol–water partition coefficient (Wildman–Crippen LogP) is 3.34. The Hall–Kier alpha value is -0.0500. The molecule has 0 spiro atoms. The van der Waals surface area contributed by atoms with Gasteiger partial charge >= 0.3 is 0 Å². The third-order valence-corrected chi connectivity index (χ3v) is 4.66. The summed E-state index contributed by atoms with van der Waals surface area (Å²) in [4.78, 5) is 14.2. The van der Waals surface area contributed by atoms with Crippen LogP contribution < -0.4 is 0 Å². The molecule has 92 valence electrons. The maximum absolute atomic E-state index is 12.0. The maximum Gasteiger partial charge on any atom is 0.222 e. The monoisotopic (exact) mass is 287 g/mol. The first kappa shape index (κ1) is 12.4. The lowest BCUT2D eigenvalue weighted by molar-refractivity contribution is -0.140. The van der Waals surface area contributed by atoms with Crippen LogP contribution in [-0.4, -0.2) is 28.7 Å². The number of fused-ring (bicyclic) bond motifs is 1. The molecule has 1 saturated carbocycles. The zero-order chi connectivity index (χ0) is 11.4. The number of carbonyl (C=O) groups excluding carboxylic acids is 1. The minimum atomic E-state index is 0.415. The molecule has 0 radical (unpaired) electrons. The van der Waals surface area contributed by atoms with Crippen molar-refractivity contribution >= 4 is 21.8 Å². The molecular weight excluding hydrogens is 266 g/mol. The normalized spacial score (nSPS) is 30.3. The Morgan fingerprint density at radius 3 is 2.81 bits per heavy atom. The van der Waals surface area contributed by atoms with E-state index < -0.39 is 0 Å². The summed E-state index contributed by atoms with van der Waals surface area (Å²) in [5, 5.41) is 1.06. The van der Waals surface area contributed by atoms with E-state index in [0.29, 0.717) is 11.9 Å². The van der Waals surface area contributed by atoms with Gasteiger partial charge in [-0.05, 0) is 38.0 Å². The Labute approximate surface area is 107 Å². The van der Waals surface area contributed by atoms with Gasteiger partial charge in [0.15, 0.2) is 0 Å². The molecule has 1 saturated heterocycles. The Balaban J connectivity index is 1.92. The van der Waals surface area contributed by atoms with Crippen molar-refractivity contribution in [2.75, 3.05) is 11.9 Å². The fourth-order valence-electron chi connectivity index (χ4n) is 3.24. The van der Waals surface area contributed by atoms with Crippen LogP contribution in [0.1, 0.15) is 51.4 Å². The number of nitrogens with zero attached hydrogens (tertiary/aromatic N) is 1. The number of unbranched alkanes of at least 4 members (excludes halogenated alkanes) is 1. The average molecular weight is 288 g/mol. The van der Waals surface area contributed by atoms with Gasteiger partial charge < -0.3 is 4.90 Å². The van der Waals surface area contributed by atoms with Crippen molar-refractivity contribution in [1.29, 1.82) is 0 Å². The van der Waals surface area contributed by atoms with Crippen molar-refractivity contribution in [2.45, 2.75) is 57.4 Å². The van der Waals surface area contributed by atoms with E-state index in [2.05, 4.69) is 20.8 Å². The molecule has 16 heavy (non-hydrogen) atoms. The highest BCUT2D eigenvalue weighted by Crippen LogP contribution is 2.35. The van der Waals surface area contributed by atoms with Crippen molar-refractivity contribution in [3.05, 3.63) is 0 Å². The molecule has 2 rings (SSSR count). The van der Waals surface area contributed by atoms with Crippen molar-refractivity contribution < 1.29 is 4.79 Å². The van der Waals surface area contributed by atoms with Crippen LogP contribution in [-0.2, 0) is 4.79 Å². The van der Waals surface area contributed by atoms with Crippen LogP contribution in [0.25, 0.3) is 0 Å². The number of piperidine rings is 1. The molecule has 0 N–H and O–H groups in total. The highest BCUT2D eigenvalue weighted by atomic mass is 79.9. The fourth-order valence-corrected chi connectivity index (χ4v) is 3.64. The molecule has 3 heteroatoms. The molecule has 1 aliphatic carbocycles. The molecule has 2 nitrogen and oxygen atoms in total. The van der Waals surface area contributed by atoms with E-state index >= 15 is 0 Å². The highest BCUT2D eigenvalue weighted by Gasteiger charge is 2.36. The van der Waals surface area contributed by atoms with Gasteiger partial charge in [-0.2, -0.15) is 0 Å². The third kappa shape index (κ3) is 2.79. The molecule has 0 aromatic rings. The number of amides is 1. The zero-order valence-electron chi connectivity index (χ0n) is 9.96. The molecular formula is C13H22BrNO. The summed E-state index contributed by atoms with van der Waals surface area (Å²) >= 11 is 3.45. The summed E-state index contributed by atoms with van der Waals surface area (Å²) in [6.07, 6.45) is 9.60. The minimum Gasteiger partial charge on any atom is -0.339 e. The lowest BCUT2D eigenvalue weighted by atomic mass is 9.78. The molecule has 2 aliphatic rings. The topological polar surface area (TPSA) is 20.3 Å². The van der Waals surface area contributed by atoms with E-state index in [4.69, 9.17) is 0 Å². The van der Waals surface area contributed by atoms with E-state index in [1.165, 1.54) is 32.1 Å². The maximum atomic E-state index is 12.0. The Bertz CT molecular complexity index is 244. The van der Waals surface area contributed by atoms with Crippen LogP contribution in [0.3, 0.4) is 0 Å². The van der Waals surface area contributed by atoms with E-state index in [-0.39, 0.29) is 0 Å². The van der Waals surface area contributed by atoms with Crippen LogP contribution in [0.4, 0.5) is 0 Å². The Morgan fingerprint density at radius 2 is 2.00 bits per heavy atom. The summed E-state index contributed by atoms with van der Waals surface area (Å²) in [5.74, 6) is 1.23. The van der Waals surface area contributed by atoms with Gasteiger partial charge in [0.05, 0.1) is 0 Å². The molecule has 0 bridgehead atoms. The standard InChI is InChI=1S/C13H22BrNO/c14-9-3-4-10-15-12-6-2-1-5-11(12)7-8-13(15)16/h11-12H,1-10H2. The molecule has 2 unspecified atom stereocenters. The molecule has 0 aromatic heterocycles. The predicted molar refractivity (Wildman–Crippen MR) is 69.7 cm³/mol. The largest absolute Gasteiger partial charge is 0.339 e. The molecule has 1 amide bonds. The SMILES string of the molecule is O=C1CCC2CCCCC2N1CCCCBr. The lowest BCUT2D eigenvalue weighted by Crippen LogP contribution is -2.50. The lowest BCUT2D eigenvalue weighted by Gasteiger charge is -2.44. The first-order valence-corrected chi connectivity index (χ1v) is 7.80. The second-order valence-electron chi connectivity index (χ2n) is 5.13. The summed E-state index contributed by atoms with van der Waals surface area (Å²) < 4.78 is 0. The first-order valence-electron chi connectivity index (χ1n) is 6.68. The highest BCUT2D eigenvalue weighted by molar-refractivity contribution is 9.09. The Kier molecular flexibility index (Phi) is 4.68. The fraction of sp³-hybridized carbons (Fsp3) is 0.923. The van der Waals surface area contributed by atoms with Crippen molar-refractivity contribution in [2.24, 2.45) is 5.92 Å². The average Bonchev–Trinajstić information content (AvgIpc) is 2.32. The summed E-state index contributed by atoms with van der Waals surface area (Å²) in [6.45, 7) is 0.992. The molecule has 1 aliphatic heterocycles. The van der Waals surface area contributed by atoms with Gasteiger partial charge in [-0.15, -0.1) is 0 Å². The van der Waals surface area contributed by atoms with Crippen LogP contribution >= 0.6 is 15.9 Å². The van der Waals surface area contributed by atoms with E-state index in [1.54, 1.807) is 0 Å². The second kappa shape index (κ2) is 6.04. The Morgan fingerprint density at radius 1 is 1.19 bits per heavy atom. The smallest absolute Gasteiger partial charge is 0.222 e. The van der Waals surface area contributed by atoms with Crippen molar-refractivity contribution in [3.8, 4) is 0 Å². The van der Waals surface area contributed by atoms with Gasteiger partial charge in [0.25, 0.3) is 0 Å². The number of hydrogen-bond acceptors (Lipinski definition) is 1. The first-order chi connectivity index (χ1) is 7.83. The van der Waals surface area contributed by atoms with Crippen LogP contribution in [0, 0.1) is 5.92 Å². The van der Waals surface area contributed by atoms with Gasteiger partial charge in [-0.25, -0.2) is 0 Å². The summed E-state index contributed by atoms with van der Waals surface area (Å²) in [5.41, 5.74) is 0. The zero-order valence-corrected chi connectivity index (χ0v) is 11.5. The van der Waals surface area contributed by atoms with E-state index in [0.717, 1.165) is 37.1 Å². The number of halogens is 1. The third-order valence-electron chi connectivity index (χ3n) is 4.10. The van der Waals surface area contributed by atoms with Gasteiger partial charge in [-0.3, -0.25) is 4.79 Å². The van der Waals surface area contributed by atoms with Gasteiger partial charge in [0, 0.05) is 24.3 Å². The van der Waals surface area contributed by atoms with Crippen LogP contribution in [0.15, 0.2) is 0 Å². The number of alkyl halides is 1. The number of rotatable bonds is 4. The van der Waals surface area contributed by atoms with Gasteiger partial charge in [0.1, 0.15) is 0 Å². The molecule has 2 fully saturated rings. The summed E-state index contributed by atoms with van der Waals surface area (Å²) in [7, 11) is 0. The number of hydrogen-bond donors (Lipinski definition) is 0. The van der Waals surface area contributed by atoms with Gasteiger partial charge in [0.2, 0.25) is 5.91 Å². The van der Waals surface area contributed by atoms with Gasteiger partial charge in [-0.1, -0.05) is 28.8 Å². The summed E-state index contributed by atoms with van der Waals surface area (Å²) in [6, 6.07) is 0.588.